The van der Waals surface area contributed by atoms with Gasteiger partial charge in [-0.15, -0.1) is 0 Å². The molecule has 0 aliphatic carbocycles. The van der Waals surface area contributed by atoms with Crippen LogP contribution < -0.4 is 10.1 Å². The summed E-state index contributed by atoms with van der Waals surface area (Å²) in [6, 6.07) is 7.80. The van der Waals surface area contributed by atoms with Gasteiger partial charge >= 0.3 is 6.18 Å². The predicted molar refractivity (Wildman–Crippen MR) is 97.3 cm³/mol. The van der Waals surface area contributed by atoms with E-state index < -0.39 is 17.6 Å². The van der Waals surface area contributed by atoms with E-state index in [1.54, 1.807) is 12.1 Å². The molecule has 0 radical (unpaired) electrons. The van der Waals surface area contributed by atoms with Crippen LogP contribution in [0.25, 0.3) is 0 Å². The van der Waals surface area contributed by atoms with Gasteiger partial charge in [-0.1, -0.05) is 11.6 Å². The lowest BCUT2D eigenvalue weighted by Crippen LogP contribution is -2.17. The first-order chi connectivity index (χ1) is 12.8. The minimum Gasteiger partial charge on any atom is -0.494 e. The van der Waals surface area contributed by atoms with Gasteiger partial charge in [0.2, 0.25) is 0 Å². The molecule has 0 aliphatic heterocycles. The third-order valence-corrected chi connectivity index (χ3v) is 3.85. The summed E-state index contributed by atoms with van der Waals surface area (Å²) in [5, 5.41) is 2.23. The fraction of sp³-hybridized carbons (Fsp3) is 0.316. The zero-order valence-electron chi connectivity index (χ0n) is 14.8. The molecular weight excluding hydrogens is 383 g/mol. The Labute approximate surface area is 160 Å². The van der Waals surface area contributed by atoms with E-state index in [9.17, 15) is 18.0 Å². The number of amides is 1. The molecule has 1 N–H and O–H groups in total. The standard InChI is InChI=1S/C19H19ClF3NO3/c1-3-26-11-13-9-12(5-8-17(13)27-4-2)18(25)24-16-7-6-14(20)10-15(16)19(21,22)23/h5-10H,3-4,11H2,1-2H3,(H,24,25). The Bertz CT molecular complexity index is 809. The van der Waals surface area contributed by atoms with Gasteiger partial charge in [0, 0.05) is 22.8 Å². The highest BCUT2D eigenvalue weighted by Crippen LogP contribution is 2.36. The van der Waals surface area contributed by atoms with Crippen molar-refractivity contribution in [2.45, 2.75) is 26.6 Å². The van der Waals surface area contributed by atoms with Crippen LogP contribution in [0.2, 0.25) is 5.02 Å². The van der Waals surface area contributed by atoms with E-state index in [2.05, 4.69) is 5.32 Å². The van der Waals surface area contributed by atoms with Gasteiger partial charge in [-0.2, -0.15) is 13.2 Å². The highest BCUT2D eigenvalue weighted by Gasteiger charge is 2.34. The number of hydrogen-bond acceptors (Lipinski definition) is 3. The Morgan fingerprint density at radius 1 is 1.11 bits per heavy atom. The number of benzene rings is 2. The summed E-state index contributed by atoms with van der Waals surface area (Å²) in [6.07, 6.45) is -4.65. The Kier molecular flexibility index (Phi) is 7.10. The van der Waals surface area contributed by atoms with Gasteiger partial charge in [0.1, 0.15) is 5.75 Å². The van der Waals surface area contributed by atoms with Gasteiger partial charge < -0.3 is 14.8 Å². The van der Waals surface area contributed by atoms with Crippen molar-refractivity contribution in [1.82, 2.24) is 0 Å². The van der Waals surface area contributed by atoms with Crippen molar-refractivity contribution >= 4 is 23.2 Å². The first kappa shape index (κ1) is 21.1. The molecule has 0 spiro atoms. The molecule has 4 nitrogen and oxygen atoms in total. The molecule has 0 unspecified atom stereocenters. The number of hydrogen-bond donors (Lipinski definition) is 1. The number of alkyl halides is 3. The zero-order chi connectivity index (χ0) is 20.0. The molecule has 2 rings (SSSR count). The molecule has 8 heteroatoms. The van der Waals surface area contributed by atoms with Crippen molar-refractivity contribution in [3.63, 3.8) is 0 Å². The maximum Gasteiger partial charge on any atom is 0.418 e. The highest BCUT2D eigenvalue weighted by atomic mass is 35.5. The molecule has 0 fully saturated rings. The van der Waals surface area contributed by atoms with Crippen LogP contribution in [0.4, 0.5) is 18.9 Å². The van der Waals surface area contributed by atoms with Crippen LogP contribution in [0.3, 0.4) is 0 Å². The maximum absolute atomic E-state index is 13.2. The fourth-order valence-corrected chi connectivity index (χ4v) is 2.57. The van der Waals surface area contributed by atoms with Crippen molar-refractivity contribution in [3.8, 4) is 5.75 Å². The zero-order valence-corrected chi connectivity index (χ0v) is 15.6. The minimum absolute atomic E-state index is 0.0691. The van der Waals surface area contributed by atoms with E-state index in [0.717, 1.165) is 12.1 Å². The van der Waals surface area contributed by atoms with Gasteiger partial charge in [0.25, 0.3) is 5.91 Å². The molecule has 2 aromatic carbocycles. The van der Waals surface area contributed by atoms with Crippen LogP contribution in [0, 0.1) is 0 Å². The summed E-state index contributed by atoms with van der Waals surface area (Å²) in [5.74, 6) is -0.117. The molecule has 0 saturated heterocycles. The normalized spacial score (nSPS) is 11.3. The molecule has 27 heavy (non-hydrogen) atoms. The van der Waals surface area contributed by atoms with Gasteiger partial charge in [0.05, 0.1) is 24.5 Å². The minimum atomic E-state index is -4.65. The second-order valence-electron chi connectivity index (χ2n) is 5.53. The molecule has 0 bridgehead atoms. The van der Waals surface area contributed by atoms with Crippen LogP contribution in [-0.4, -0.2) is 19.1 Å². The van der Waals surface area contributed by atoms with Gasteiger partial charge in [0.15, 0.2) is 0 Å². The number of nitrogens with one attached hydrogen (secondary N) is 1. The predicted octanol–water partition coefficient (Wildman–Crippen LogP) is 5.55. The lowest BCUT2D eigenvalue weighted by Gasteiger charge is -2.15. The topological polar surface area (TPSA) is 47.6 Å². The number of rotatable bonds is 7. The van der Waals surface area contributed by atoms with Crippen LogP contribution in [0.15, 0.2) is 36.4 Å². The molecule has 0 aromatic heterocycles. The van der Waals surface area contributed by atoms with Gasteiger partial charge in [-0.3, -0.25) is 4.79 Å². The third-order valence-electron chi connectivity index (χ3n) is 3.62. The number of ether oxygens (including phenoxy) is 2. The summed E-state index contributed by atoms with van der Waals surface area (Å²) in [5.41, 5.74) is -0.546. The monoisotopic (exact) mass is 401 g/mol. The summed E-state index contributed by atoms with van der Waals surface area (Å²) < 4.78 is 50.4. The molecule has 2 aromatic rings. The average molecular weight is 402 g/mol. The lowest BCUT2D eigenvalue weighted by atomic mass is 10.1. The van der Waals surface area contributed by atoms with Crippen molar-refractivity contribution in [2.75, 3.05) is 18.5 Å². The highest BCUT2D eigenvalue weighted by molar-refractivity contribution is 6.30. The van der Waals surface area contributed by atoms with E-state index >= 15 is 0 Å². The molecule has 1 amide bonds. The molecule has 0 saturated carbocycles. The van der Waals surface area contributed by atoms with Gasteiger partial charge in [-0.05, 0) is 50.2 Å². The number of carbonyl (C=O) groups excluding carboxylic acids is 1. The van der Waals surface area contributed by atoms with E-state index in [1.165, 1.54) is 12.1 Å². The first-order valence-corrected chi connectivity index (χ1v) is 8.65. The SMILES string of the molecule is CCOCc1cc(C(=O)Nc2ccc(Cl)cc2C(F)(F)F)ccc1OCC. The molecular formula is C19H19ClF3NO3. The number of anilines is 1. The Morgan fingerprint density at radius 2 is 1.85 bits per heavy atom. The molecule has 146 valence electrons. The lowest BCUT2D eigenvalue weighted by molar-refractivity contribution is -0.136. The number of halogens is 4. The average Bonchev–Trinajstić information content (AvgIpc) is 2.61. The van der Waals surface area contributed by atoms with E-state index in [0.29, 0.717) is 24.5 Å². The largest absolute Gasteiger partial charge is 0.494 e. The third kappa shape index (κ3) is 5.61. The Balaban J connectivity index is 2.31. The smallest absolute Gasteiger partial charge is 0.418 e. The van der Waals surface area contributed by atoms with Crippen LogP contribution in [0.1, 0.15) is 35.3 Å². The van der Waals surface area contributed by atoms with Crippen LogP contribution in [-0.2, 0) is 17.5 Å². The van der Waals surface area contributed by atoms with E-state index in [1.807, 2.05) is 13.8 Å². The fourth-order valence-electron chi connectivity index (χ4n) is 2.40. The summed E-state index contributed by atoms with van der Waals surface area (Å²) in [4.78, 5) is 12.5. The second-order valence-corrected chi connectivity index (χ2v) is 5.97. The van der Waals surface area contributed by atoms with E-state index in [4.69, 9.17) is 21.1 Å². The first-order valence-electron chi connectivity index (χ1n) is 8.27. The Hall–Kier alpha value is -2.25. The molecule has 0 aliphatic rings. The quantitative estimate of drug-likeness (QED) is 0.662. The van der Waals surface area contributed by atoms with Crippen LogP contribution in [0.5, 0.6) is 5.75 Å². The van der Waals surface area contributed by atoms with Crippen molar-refractivity contribution < 1.29 is 27.4 Å². The van der Waals surface area contributed by atoms with Crippen molar-refractivity contribution in [1.29, 1.82) is 0 Å². The van der Waals surface area contributed by atoms with Crippen molar-refractivity contribution in [2.24, 2.45) is 0 Å². The second kappa shape index (κ2) is 9.10. The maximum atomic E-state index is 13.2. The Morgan fingerprint density at radius 3 is 2.48 bits per heavy atom. The molecule has 0 atom stereocenters. The summed E-state index contributed by atoms with van der Waals surface area (Å²) in [6.45, 7) is 4.79. The van der Waals surface area contributed by atoms with E-state index in [-0.39, 0.29) is 22.9 Å². The van der Waals surface area contributed by atoms with Gasteiger partial charge in [-0.25, -0.2) is 0 Å². The van der Waals surface area contributed by atoms with Crippen molar-refractivity contribution in [3.05, 3.63) is 58.1 Å². The summed E-state index contributed by atoms with van der Waals surface area (Å²) in [7, 11) is 0. The summed E-state index contributed by atoms with van der Waals surface area (Å²) >= 11 is 5.65. The van der Waals surface area contributed by atoms with Crippen LogP contribution >= 0.6 is 11.6 Å². The number of carbonyl (C=O) groups is 1. The molecule has 0 heterocycles.